The van der Waals surface area contributed by atoms with E-state index >= 15 is 0 Å². The van der Waals surface area contributed by atoms with Gasteiger partial charge in [0.2, 0.25) is 0 Å². The van der Waals surface area contributed by atoms with Gasteiger partial charge in [-0.25, -0.2) is 0 Å². The van der Waals surface area contributed by atoms with Gasteiger partial charge in [-0.2, -0.15) is 0 Å². The van der Waals surface area contributed by atoms with E-state index in [0.717, 1.165) is 22.8 Å². The number of aryl methyl sites for hydroxylation is 2. The number of benzene rings is 1. The van der Waals surface area contributed by atoms with Crippen LogP contribution in [-0.2, 0) is 0 Å². The lowest BCUT2D eigenvalue weighted by molar-refractivity contribution is 0.565. The number of nitrogens with one attached hydrogen (secondary N) is 1. The third-order valence-electron chi connectivity index (χ3n) is 6.10. The van der Waals surface area contributed by atoms with Crippen molar-refractivity contribution in [2.24, 2.45) is 0 Å². The van der Waals surface area contributed by atoms with Gasteiger partial charge in [0.1, 0.15) is 0 Å². The van der Waals surface area contributed by atoms with Crippen LogP contribution in [0.25, 0.3) is 5.69 Å². The predicted octanol–water partition coefficient (Wildman–Crippen LogP) is 5.37. The highest BCUT2D eigenvalue weighted by Gasteiger charge is 2.42. The van der Waals surface area contributed by atoms with E-state index in [4.69, 9.17) is 12.2 Å². The van der Waals surface area contributed by atoms with Gasteiger partial charge in [0.15, 0.2) is 5.11 Å². The lowest BCUT2D eigenvalue weighted by Crippen LogP contribution is -2.29. The first-order valence-electron chi connectivity index (χ1n) is 10.7. The number of rotatable bonds is 4. The molecule has 1 saturated heterocycles. The Labute approximate surface area is 193 Å². The van der Waals surface area contributed by atoms with E-state index < -0.39 is 0 Å². The second-order valence-electron chi connectivity index (χ2n) is 8.21. The van der Waals surface area contributed by atoms with E-state index in [2.05, 4.69) is 88.0 Å². The second kappa shape index (κ2) is 8.20. The fraction of sp³-hybridized carbons (Fsp3) is 0.192. The fourth-order valence-corrected chi connectivity index (χ4v) is 4.97. The van der Waals surface area contributed by atoms with Crippen molar-refractivity contribution < 1.29 is 0 Å². The highest BCUT2D eigenvalue weighted by molar-refractivity contribution is 7.80. The van der Waals surface area contributed by atoms with E-state index in [1.165, 1.54) is 16.8 Å². The number of hydrogen-bond acceptors (Lipinski definition) is 3. The van der Waals surface area contributed by atoms with Gasteiger partial charge in [-0.05, 0) is 81.0 Å². The molecular formula is C26H25N5S. The van der Waals surface area contributed by atoms with Gasteiger partial charge >= 0.3 is 0 Å². The smallest absolute Gasteiger partial charge is 0.174 e. The Bertz CT molecular complexity index is 1250. The van der Waals surface area contributed by atoms with Crippen LogP contribution in [0.2, 0.25) is 0 Å². The van der Waals surface area contributed by atoms with Gasteiger partial charge in [-0.15, -0.1) is 0 Å². The Balaban J connectivity index is 1.68. The number of anilines is 1. The molecule has 160 valence electrons. The van der Waals surface area contributed by atoms with Crippen LogP contribution < -0.4 is 10.2 Å². The third kappa shape index (κ3) is 3.46. The van der Waals surface area contributed by atoms with E-state index in [9.17, 15) is 0 Å². The van der Waals surface area contributed by atoms with E-state index in [0.29, 0.717) is 5.11 Å². The maximum absolute atomic E-state index is 5.86. The van der Waals surface area contributed by atoms with Gasteiger partial charge in [-0.3, -0.25) is 9.97 Å². The van der Waals surface area contributed by atoms with Gasteiger partial charge in [-0.1, -0.05) is 23.8 Å². The molecule has 4 heterocycles. The highest BCUT2D eigenvalue weighted by atomic mass is 32.1. The maximum atomic E-state index is 5.86. The molecule has 4 aromatic rings. The van der Waals surface area contributed by atoms with Gasteiger partial charge < -0.3 is 14.8 Å². The first-order valence-corrected chi connectivity index (χ1v) is 11.1. The molecule has 0 radical (unpaired) electrons. The summed E-state index contributed by atoms with van der Waals surface area (Å²) in [5.41, 5.74) is 7.87. The van der Waals surface area contributed by atoms with Crippen molar-refractivity contribution in [1.82, 2.24) is 19.9 Å². The minimum Gasteiger partial charge on any atom is -0.351 e. The Morgan fingerprint density at radius 1 is 0.906 bits per heavy atom. The summed E-state index contributed by atoms with van der Waals surface area (Å²) in [5.74, 6) is 0. The Hall–Kier alpha value is -3.51. The molecule has 3 aromatic heterocycles. The van der Waals surface area contributed by atoms with Crippen molar-refractivity contribution in [1.29, 1.82) is 0 Å². The SMILES string of the molecule is Cc1ccc(N2C(=S)N[C@@H](c3ccccn3)[C@H]2c2cc(C)n(-c3cccnc3)c2C)cc1. The zero-order valence-corrected chi connectivity index (χ0v) is 19.2. The normalized spacial score (nSPS) is 18.1. The van der Waals surface area contributed by atoms with Crippen LogP contribution in [0, 0.1) is 20.8 Å². The van der Waals surface area contributed by atoms with Crippen molar-refractivity contribution in [2.75, 3.05) is 4.90 Å². The molecule has 0 unspecified atom stereocenters. The summed E-state index contributed by atoms with van der Waals surface area (Å²) in [7, 11) is 0. The molecule has 5 nitrogen and oxygen atoms in total. The average Bonchev–Trinajstić information content (AvgIpc) is 3.31. The minimum absolute atomic E-state index is 0.0308. The first kappa shape index (κ1) is 20.4. The van der Waals surface area contributed by atoms with Crippen LogP contribution in [0.3, 0.4) is 0 Å². The number of aromatic nitrogens is 3. The van der Waals surface area contributed by atoms with E-state index in [1.54, 1.807) is 6.20 Å². The Morgan fingerprint density at radius 2 is 1.72 bits per heavy atom. The summed E-state index contributed by atoms with van der Waals surface area (Å²) in [6.07, 6.45) is 5.54. The topological polar surface area (TPSA) is 46.0 Å². The zero-order chi connectivity index (χ0) is 22.2. The summed E-state index contributed by atoms with van der Waals surface area (Å²) in [6.45, 7) is 6.40. The second-order valence-corrected chi connectivity index (χ2v) is 8.59. The largest absolute Gasteiger partial charge is 0.351 e. The van der Waals surface area contributed by atoms with Gasteiger partial charge in [0.05, 0.1) is 29.7 Å². The van der Waals surface area contributed by atoms with Crippen LogP contribution in [0.4, 0.5) is 5.69 Å². The standard InChI is InChI=1S/C26H25N5S/c1-17-9-11-20(12-10-17)31-25(24(29-26(31)32)23-8-4-5-14-28-23)22-15-18(2)30(19(22)3)21-7-6-13-27-16-21/h4-16,24-25H,1-3H3,(H,29,32)/t24-,25+/m0/s1. The summed E-state index contributed by atoms with van der Waals surface area (Å²) < 4.78 is 2.26. The predicted molar refractivity (Wildman–Crippen MR) is 132 cm³/mol. The van der Waals surface area contributed by atoms with Crippen molar-refractivity contribution in [3.63, 3.8) is 0 Å². The van der Waals surface area contributed by atoms with Crippen LogP contribution in [0.5, 0.6) is 0 Å². The molecule has 0 spiro atoms. The molecule has 0 amide bonds. The van der Waals surface area contributed by atoms with Crippen LogP contribution >= 0.6 is 12.2 Å². The van der Waals surface area contributed by atoms with Gasteiger partial charge in [0, 0.05) is 29.5 Å². The minimum atomic E-state index is -0.0622. The monoisotopic (exact) mass is 439 g/mol. The van der Waals surface area contributed by atoms with Crippen molar-refractivity contribution in [3.8, 4) is 5.69 Å². The molecular weight excluding hydrogens is 414 g/mol. The third-order valence-corrected chi connectivity index (χ3v) is 6.42. The first-order chi connectivity index (χ1) is 15.5. The van der Waals surface area contributed by atoms with E-state index in [1.807, 2.05) is 30.6 Å². The molecule has 1 N–H and O–H groups in total. The molecule has 1 aliphatic heterocycles. The van der Waals surface area contributed by atoms with Gasteiger partial charge in [0.25, 0.3) is 0 Å². The molecule has 0 saturated carbocycles. The molecule has 1 fully saturated rings. The number of hydrogen-bond donors (Lipinski definition) is 1. The van der Waals surface area contributed by atoms with Crippen LogP contribution in [0.15, 0.2) is 79.3 Å². The maximum Gasteiger partial charge on any atom is 0.174 e. The molecule has 1 aliphatic rings. The molecule has 32 heavy (non-hydrogen) atoms. The van der Waals surface area contributed by atoms with Crippen molar-refractivity contribution in [2.45, 2.75) is 32.9 Å². The zero-order valence-electron chi connectivity index (χ0n) is 18.4. The quantitative estimate of drug-likeness (QED) is 0.433. The average molecular weight is 440 g/mol. The lowest BCUT2D eigenvalue weighted by atomic mass is 9.96. The van der Waals surface area contributed by atoms with Crippen molar-refractivity contribution >= 4 is 23.0 Å². The number of pyridine rings is 2. The summed E-state index contributed by atoms with van der Waals surface area (Å²) in [5, 5.41) is 4.26. The summed E-state index contributed by atoms with van der Waals surface area (Å²) in [6, 6.07) is 20.8. The van der Waals surface area contributed by atoms with Crippen LogP contribution in [0.1, 0.15) is 40.3 Å². The summed E-state index contributed by atoms with van der Waals surface area (Å²) >= 11 is 5.86. The highest BCUT2D eigenvalue weighted by Crippen LogP contribution is 2.43. The van der Waals surface area contributed by atoms with E-state index in [-0.39, 0.29) is 12.1 Å². The Morgan fingerprint density at radius 3 is 2.41 bits per heavy atom. The molecule has 0 aliphatic carbocycles. The molecule has 5 rings (SSSR count). The van der Waals surface area contributed by atoms with Crippen molar-refractivity contribution in [3.05, 3.63) is 107 Å². The molecule has 6 heteroatoms. The molecule has 2 atom stereocenters. The number of nitrogens with zero attached hydrogens (tertiary/aromatic N) is 4. The number of thiocarbonyl (C=S) groups is 1. The summed E-state index contributed by atoms with van der Waals surface area (Å²) in [4.78, 5) is 11.2. The lowest BCUT2D eigenvalue weighted by Gasteiger charge is -2.28. The molecule has 1 aromatic carbocycles. The Kier molecular flexibility index (Phi) is 5.23. The fourth-order valence-electron chi connectivity index (χ4n) is 4.62. The van der Waals surface area contributed by atoms with Crippen LogP contribution in [-0.4, -0.2) is 19.6 Å². The molecule has 0 bridgehead atoms.